The van der Waals surface area contributed by atoms with Gasteiger partial charge >= 0.3 is 6.18 Å². The first-order valence-electron chi connectivity index (χ1n) is 10.1. The Morgan fingerprint density at radius 3 is 2.52 bits per heavy atom. The molecule has 0 fully saturated rings. The molecule has 1 aromatic carbocycles. The molecule has 0 aliphatic heterocycles. The van der Waals surface area contributed by atoms with Gasteiger partial charge in [0.15, 0.2) is 0 Å². The van der Waals surface area contributed by atoms with Gasteiger partial charge in [-0.2, -0.15) is 13.2 Å². The topological polar surface area (TPSA) is 86.8 Å². The van der Waals surface area contributed by atoms with Gasteiger partial charge in [-0.1, -0.05) is 17.7 Å². The lowest BCUT2D eigenvalue weighted by molar-refractivity contribution is -0.137. The average Bonchev–Trinajstić information content (AvgIpc) is 2.73. The minimum atomic E-state index is -4.58. The van der Waals surface area contributed by atoms with E-state index >= 15 is 0 Å². The van der Waals surface area contributed by atoms with E-state index in [1.807, 2.05) is 0 Å². The summed E-state index contributed by atoms with van der Waals surface area (Å²) in [6.45, 7) is 4.02. The van der Waals surface area contributed by atoms with Crippen molar-refractivity contribution < 1.29 is 35.8 Å². The van der Waals surface area contributed by atoms with Gasteiger partial charge in [-0.05, 0) is 44.4 Å². The van der Waals surface area contributed by atoms with Crippen LogP contribution in [0.2, 0.25) is 5.02 Å². The molecule has 12 heteroatoms. The predicted molar refractivity (Wildman–Crippen MR) is 119 cm³/mol. The van der Waals surface area contributed by atoms with Crippen LogP contribution in [-0.2, 0) is 27.4 Å². The Bertz CT molecular complexity index is 1030. The zero-order chi connectivity index (χ0) is 24.6. The van der Waals surface area contributed by atoms with Gasteiger partial charge in [-0.25, -0.2) is 18.1 Å². The van der Waals surface area contributed by atoms with Crippen LogP contribution in [0.3, 0.4) is 0 Å². The Balaban J connectivity index is 2.21. The highest BCUT2D eigenvalue weighted by Gasteiger charge is 2.32. The summed E-state index contributed by atoms with van der Waals surface area (Å²) < 4.78 is 81.2. The van der Waals surface area contributed by atoms with Crippen LogP contribution in [0.4, 0.5) is 13.2 Å². The van der Waals surface area contributed by atoms with E-state index in [0.717, 1.165) is 6.07 Å². The van der Waals surface area contributed by atoms with Crippen LogP contribution in [0.1, 0.15) is 31.4 Å². The fraction of sp³-hybridized carbons (Fsp3) is 0.476. The van der Waals surface area contributed by atoms with E-state index in [-0.39, 0.29) is 29.8 Å². The Hall–Kier alpha value is -2.08. The van der Waals surface area contributed by atoms with Crippen molar-refractivity contribution in [3.63, 3.8) is 0 Å². The zero-order valence-corrected chi connectivity index (χ0v) is 20.0. The molecule has 33 heavy (non-hydrogen) atoms. The summed E-state index contributed by atoms with van der Waals surface area (Å²) in [6, 6.07) is 5.74. The lowest BCUT2D eigenvalue weighted by atomic mass is 10.1. The van der Waals surface area contributed by atoms with Crippen LogP contribution in [0.25, 0.3) is 0 Å². The maximum Gasteiger partial charge on any atom is 0.417 e. The summed E-state index contributed by atoms with van der Waals surface area (Å²) in [5.41, 5.74) is -0.315. The van der Waals surface area contributed by atoms with Gasteiger partial charge in [-0.3, -0.25) is 0 Å². The standard InChI is InChI=1S/C21H26ClF3N2O5S/c1-14(2)33(28,29)27-8-4-5-15-6-7-17(31-10-9-30-3)12-19(15)32-20-18(22)11-16(13-26-20)21(23,24)25/h6-7,11-14,27H,4-5,8-10H2,1-3H3. The Morgan fingerprint density at radius 1 is 1.18 bits per heavy atom. The fourth-order valence-electron chi connectivity index (χ4n) is 2.59. The summed E-state index contributed by atoms with van der Waals surface area (Å²) in [4.78, 5) is 3.71. The molecule has 0 aliphatic carbocycles. The molecular formula is C21H26ClF3N2O5S. The van der Waals surface area contributed by atoms with Gasteiger partial charge in [0.25, 0.3) is 0 Å². The monoisotopic (exact) mass is 510 g/mol. The molecule has 0 atom stereocenters. The van der Waals surface area contributed by atoms with Crippen molar-refractivity contribution in [2.45, 2.75) is 38.1 Å². The third kappa shape index (κ3) is 8.33. The molecule has 0 saturated heterocycles. The Kier molecular flexibility index (Phi) is 9.77. The maximum atomic E-state index is 12.9. The van der Waals surface area contributed by atoms with Gasteiger partial charge < -0.3 is 14.2 Å². The summed E-state index contributed by atoms with van der Waals surface area (Å²) in [5, 5.41) is -0.848. The molecule has 0 radical (unpaired) electrons. The van der Waals surface area contributed by atoms with Crippen molar-refractivity contribution in [3.8, 4) is 17.4 Å². The number of aryl methyl sites for hydroxylation is 1. The number of nitrogens with zero attached hydrogens (tertiary/aromatic N) is 1. The zero-order valence-electron chi connectivity index (χ0n) is 18.4. The maximum absolute atomic E-state index is 12.9. The van der Waals surface area contributed by atoms with E-state index in [1.165, 1.54) is 7.11 Å². The molecule has 0 bridgehead atoms. The van der Waals surface area contributed by atoms with Gasteiger partial charge in [0.05, 0.1) is 17.4 Å². The number of sulfonamides is 1. The van der Waals surface area contributed by atoms with Crippen molar-refractivity contribution in [1.29, 1.82) is 0 Å². The van der Waals surface area contributed by atoms with E-state index in [4.69, 9.17) is 25.8 Å². The third-order valence-electron chi connectivity index (χ3n) is 4.48. The second-order valence-electron chi connectivity index (χ2n) is 7.31. The minimum Gasteiger partial charge on any atom is -0.491 e. The first-order valence-corrected chi connectivity index (χ1v) is 12.0. The van der Waals surface area contributed by atoms with Crippen LogP contribution in [0, 0.1) is 0 Å². The highest BCUT2D eigenvalue weighted by molar-refractivity contribution is 7.90. The average molecular weight is 511 g/mol. The van der Waals surface area contributed by atoms with E-state index in [9.17, 15) is 21.6 Å². The number of hydrogen-bond acceptors (Lipinski definition) is 6. The smallest absolute Gasteiger partial charge is 0.417 e. The number of nitrogens with one attached hydrogen (secondary N) is 1. The largest absolute Gasteiger partial charge is 0.491 e. The van der Waals surface area contributed by atoms with Crippen molar-refractivity contribution in [2.24, 2.45) is 0 Å². The number of rotatable bonds is 12. The Morgan fingerprint density at radius 2 is 1.91 bits per heavy atom. The molecule has 0 spiro atoms. The van der Waals surface area contributed by atoms with E-state index < -0.39 is 27.0 Å². The SMILES string of the molecule is COCCOc1ccc(CCCNS(=O)(=O)C(C)C)c(Oc2ncc(C(F)(F)F)cc2Cl)c1. The third-order valence-corrected chi connectivity index (χ3v) is 6.60. The molecular weight excluding hydrogens is 485 g/mol. The highest BCUT2D eigenvalue weighted by atomic mass is 35.5. The number of benzene rings is 1. The van der Waals surface area contributed by atoms with E-state index in [1.54, 1.807) is 32.0 Å². The summed E-state index contributed by atoms with van der Waals surface area (Å²) in [5.74, 6) is 0.542. The van der Waals surface area contributed by atoms with Gasteiger partial charge in [-0.15, -0.1) is 0 Å². The number of halogens is 4. The summed E-state index contributed by atoms with van der Waals surface area (Å²) in [7, 11) is -1.85. The molecule has 0 unspecified atom stereocenters. The minimum absolute atomic E-state index is 0.194. The molecule has 184 valence electrons. The van der Waals surface area contributed by atoms with Gasteiger partial charge in [0.1, 0.15) is 23.1 Å². The molecule has 0 saturated carbocycles. The van der Waals surface area contributed by atoms with Crippen LogP contribution >= 0.6 is 11.6 Å². The molecule has 0 amide bonds. The molecule has 1 N–H and O–H groups in total. The molecule has 0 aliphatic rings. The number of aromatic nitrogens is 1. The number of hydrogen-bond donors (Lipinski definition) is 1. The first kappa shape index (κ1) is 27.2. The van der Waals surface area contributed by atoms with Crippen LogP contribution in [-0.4, -0.2) is 45.5 Å². The van der Waals surface area contributed by atoms with Gasteiger partial charge in [0.2, 0.25) is 15.9 Å². The molecule has 1 heterocycles. The predicted octanol–water partition coefficient (Wildman–Crippen LogP) is 4.83. The highest BCUT2D eigenvalue weighted by Crippen LogP contribution is 2.36. The van der Waals surface area contributed by atoms with Crippen molar-refractivity contribution in [3.05, 3.63) is 46.6 Å². The molecule has 2 aromatic rings. The first-order chi connectivity index (χ1) is 15.4. The van der Waals surface area contributed by atoms with Crippen LogP contribution in [0.5, 0.6) is 17.4 Å². The lowest BCUT2D eigenvalue weighted by Crippen LogP contribution is -2.31. The van der Waals surface area contributed by atoms with Crippen LogP contribution in [0.15, 0.2) is 30.5 Å². The van der Waals surface area contributed by atoms with Gasteiger partial charge in [0, 0.05) is 25.9 Å². The quantitative estimate of drug-likeness (QED) is 0.411. The second kappa shape index (κ2) is 11.9. The summed E-state index contributed by atoms with van der Waals surface area (Å²) >= 11 is 5.97. The number of methoxy groups -OCH3 is 1. The van der Waals surface area contributed by atoms with E-state index in [0.29, 0.717) is 37.0 Å². The fourth-order valence-corrected chi connectivity index (χ4v) is 3.56. The number of pyridine rings is 1. The second-order valence-corrected chi connectivity index (χ2v) is 10.0. The van der Waals surface area contributed by atoms with Crippen molar-refractivity contribution in [1.82, 2.24) is 9.71 Å². The lowest BCUT2D eigenvalue weighted by Gasteiger charge is -2.15. The van der Waals surface area contributed by atoms with Crippen molar-refractivity contribution in [2.75, 3.05) is 26.9 Å². The molecule has 1 aromatic heterocycles. The Labute approximate surface area is 196 Å². The number of ether oxygens (including phenoxy) is 3. The van der Waals surface area contributed by atoms with E-state index in [2.05, 4.69) is 9.71 Å². The normalized spacial score (nSPS) is 12.2. The van der Waals surface area contributed by atoms with Crippen molar-refractivity contribution >= 4 is 21.6 Å². The molecule has 2 rings (SSSR count). The molecule has 7 nitrogen and oxygen atoms in total. The summed E-state index contributed by atoms with van der Waals surface area (Å²) in [6.07, 6.45) is -3.06. The number of alkyl halides is 3. The van der Waals surface area contributed by atoms with Crippen LogP contribution < -0.4 is 14.2 Å².